The summed E-state index contributed by atoms with van der Waals surface area (Å²) in [4.78, 5) is 31.2. The summed E-state index contributed by atoms with van der Waals surface area (Å²) < 4.78 is 14.4. The molecule has 1 atom stereocenters. The van der Waals surface area contributed by atoms with Crippen LogP contribution in [0.4, 0.5) is 10.1 Å². The highest BCUT2D eigenvalue weighted by molar-refractivity contribution is 5.93. The molecular formula is C18H17FN4O3. The van der Waals surface area contributed by atoms with Gasteiger partial charge in [0.05, 0.1) is 12.9 Å². The third-order valence-electron chi connectivity index (χ3n) is 3.81. The number of halogens is 1. The van der Waals surface area contributed by atoms with Gasteiger partial charge in [-0.1, -0.05) is 12.1 Å². The van der Waals surface area contributed by atoms with Gasteiger partial charge >= 0.3 is 0 Å². The minimum atomic E-state index is -1.32. The lowest BCUT2D eigenvalue weighted by molar-refractivity contribution is -0.123. The van der Waals surface area contributed by atoms with Crippen molar-refractivity contribution in [1.29, 1.82) is 0 Å². The van der Waals surface area contributed by atoms with Gasteiger partial charge in [-0.2, -0.15) is 0 Å². The fourth-order valence-electron chi connectivity index (χ4n) is 2.46. The molecule has 0 aliphatic heterocycles. The summed E-state index contributed by atoms with van der Waals surface area (Å²) in [5.41, 5.74) is 0.993. The third kappa shape index (κ3) is 4.22. The second kappa shape index (κ2) is 7.75. The van der Waals surface area contributed by atoms with Crippen molar-refractivity contribution in [3.8, 4) is 0 Å². The number of benzene rings is 1. The number of nitrogens with one attached hydrogen (secondary N) is 2. The zero-order valence-corrected chi connectivity index (χ0v) is 13.7. The number of aliphatic hydroxyl groups is 1. The summed E-state index contributed by atoms with van der Waals surface area (Å²) in [5.74, 6) is -1.04. The van der Waals surface area contributed by atoms with Crippen LogP contribution in [0.3, 0.4) is 0 Å². The van der Waals surface area contributed by atoms with Crippen molar-refractivity contribution in [3.05, 3.63) is 82.5 Å². The molecule has 0 aliphatic carbocycles. The first kappa shape index (κ1) is 17.6. The topological polar surface area (TPSA) is 100 Å². The minimum Gasteiger partial charge on any atom is -0.383 e. The van der Waals surface area contributed by atoms with Gasteiger partial charge in [-0.05, 0) is 29.8 Å². The number of aromatic nitrogens is 3. The first-order valence-electron chi connectivity index (χ1n) is 7.93. The number of pyridine rings is 1. The summed E-state index contributed by atoms with van der Waals surface area (Å²) in [6.45, 7) is 0.236. The zero-order valence-electron chi connectivity index (χ0n) is 13.7. The standard InChI is InChI=1S/C18H17FN4O3/c19-13-5-3-12(4-6-13)10-23-7-1-2-15(18(23)26)22-17(25)16(24)8-14-9-20-11-21-14/h1-7,9,11,16,24H,8,10H2,(H,20,21)(H,22,25)/t16-/m0/s1. The molecule has 0 bridgehead atoms. The Morgan fingerprint density at radius 1 is 1.31 bits per heavy atom. The van der Waals surface area contributed by atoms with E-state index in [0.717, 1.165) is 5.56 Å². The van der Waals surface area contributed by atoms with Crippen LogP contribution in [0.2, 0.25) is 0 Å². The molecule has 3 rings (SSSR count). The average molecular weight is 356 g/mol. The Balaban J connectivity index is 1.71. The number of imidazole rings is 1. The van der Waals surface area contributed by atoms with E-state index in [4.69, 9.17) is 0 Å². The number of H-pyrrole nitrogens is 1. The molecule has 8 heteroatoms. The number of carbonyl (C=O) groups is 1. The number of aliphatic hydroxyl groups excluding tert-OH is 1. The first-order valence-corrected chi connectivity index (χ1v) is 7.93. The Labute approximate surface area is 148 Å². The molecule has 1 amide bonds. The normalized spacial score (nSPS) is 11.9. The van der Waals surface area contributed by atoms with Crippen molar-refractivity contribution in [2.45, 2.75) is 19.1 Å². The summed E-state index contributed by atoms with van der Waals surface area (Å²) >= 11 is 0. The van der Waals surface area contributed by atoms with Gasteiger partial charge in [0.1, 0.15) is 17.6 Å². The highest BCUT2D eigenvalue weighted by atomic mass is 19.1. The smallest absolute Gasteiger partial charge is 0.274 e. The van der Waals surface area contributed by atoms with Gasteiger partial charge in [-0.3, -0.25) is 9.59 Å². The largest absolute Gasteiger partial charge is 0.383 e. The molecular weight excluding hydrogens is 339 g/mol. The van der Waals surface area contributed by atoms with Gasteiger partial charge in [0.2, 0.25) is 0 Å². The molecule has 26 heavy (non-hydrogen) atoms. The average Bonchev–Trinajstić information content (AvgIpc) is 3.13. The highest BCUT2D eigenvalue weighted by Crippen LogP contribution is 2.07. The van der Waals surface area contributed by atoms with Gasteiger partial charge in [-0.15, -0.1) is 0 Å². The molecule has 2 aromatic heterocycles. The van der Waals surface area contributed by atoms with E-state index in [0.29, 0.717) is 5.69 Å². The van der Waals surface area contributed by atoms with Crippen LogP contribution in [0.5, 0.6) is 0 Å². The van der Waals surface area contributed by atoms with Crippen molar-refractivity contribution in [3.63, 3.8) is 0 Å². The molecule has 2 heterocycles. The van der Waals surface area contributed by atoms with Gasteiger partial charge in [0, 0.05) is 24.5 Å². The van der Waals surface area contributed by atoms with Crippen LogP contribution < -0.4 is 10.9 Å². The van der Waals surface area contributed by atoms with Crippen LogP contribution in [0, 0.1) is 5.82 Å². The molecule has 0 fully saturated rings. The number of amides is 1. The number of hydrogen-bond donors (Lipinski definition) is 3. The van der Waals surface area contributed by atoms with Gasteiger partial charge < -0.3 is 20.0 Å². The summed E-state index contributed by atoms with van der Waals surface area (Å²) in [6, 6.07) is 8.88. The maximum Gasteiger partial charge on any atom is 0.274 e. The lowest BCUT2D eigenvalue weighted by Crippen LogP contribution is -2.33. The molecule has 0 unspecified atom stereocenters. The predicted octanol–water partition coefficient (Wildman–Crippen LogP) is 1.30. The number of hydrogen-bond acceptors (Lipinski definition) is 4. The van der Waals surface area contributed by atoms with E-state index in [2.05, 4.69) is 15.3 Å². The number of rotatable bonds is 6. The van der Waals surface area contributed by atoms with Crippen LogP contribution in [0.1, 0.15) is 11.3 Å². The number of carbonyl (C=O) groups excluding carboxylic acids is 1. The molecule has 3 aromatic rings. The molecule has 0 aliphatic rings. The Morgan fingerprint density at radius 2 is 2.08 bits per heavy atom. The van der Waals surface area contributed by atoms with Crippen LogP contribution >= 0.6 is 0 Å². The first-order chi connectivity index (χ1) is 12.5. The molecule has 1 aromatic carbocycles. The monoisotopic (exact) mass is 356 g/mol. The summed E-state index contributed by atoms with van der Waals surface area (Å²) in [7, 11) is 0. The van der Waals surface area contributed by atoms with Crippen LogP contribution in [0.25, 0.3) is 0 Å². The van der Waals surface area contributed by atoms with Crippen molar-refractivity contribution in [2.75, 3.05) is 5.32 Å². The Bertz CT molecular complexity index is 936. The van der Waals surface area contributed by atoms with Gasteiger partial charge in [-0.25, -0.2) is 9.37 Å². The molecule has 7 nitrogen and oxygen atoms in total. The van der Waals surface area contributed by atoms with Crippen molar-refractivity contribution in [2.24, 2.45) is 0 Å². The summed E-state index contributed by atoms with van der Waals surface area (Å²) in [6.07, 6.45) is 3.27. The molecule has 0 saturated carbocycles. The SMILES string of the molecule is O=C(Nc1cccn(Cc2ccc(F)cc2)c1=O)[C@@H](O)Cc1cnc[nH]1. The number of nitrogens with zero attached hydrogens (tertiary/aromatic N) is 2. The quantitative estimate of drug-likeness (QED) is 0.620. The van der Waals surface area contributed by atoms with Crippen molar-refractivity contribution in [1.82, 2.24) is 14.5 Å². The fourth-order valence-corrected chi connectivity index (χ4v) is 2.46. The van der Waals surface area contributed by atoms with E-state index in [9.17, 15) is 19.1 Å². The van der Waals surface area contributed by atoms with E-state index in [1.54, 1.807) is 24.4 Å². The molecule has 134 valence electrons. The second-order valence-electron chi connectivity index (χ2n) is 5.77. The fraction of sp³-hybridized carbons (Fsp3) is 0.167. The molecule has 3 N–H and O–H groups in total. The zero-order chi connectivity index (χ0) is 18.5. The summed E-state index contributed by atoms with van der Waals surface area (Å²) in [5, 5.41) is 12.4. The molecule has 0 spiro atoms. The predicted molar refractivity (Wildman–Crippen MR) is 93.1 cm³/mol. The lowest BCUT2D eigenvalue weighted by atomic mass is 10.2. The maximum atomic E-state index is 13.0. The highest BCUT2D eigenvalue weighted by Gasteiger charge is 2.18. The Kier molecular flexibility index (Phi) is 5.23. The molecule has 0 radical (unpaired) electrons. The molecule has 0 saturated heterocycles. The number of anilines is 1. The van der Waals surface area contributed by atoms with Crippen molar-refractivity contribution < 1.29 is 14.3 Å². The van der Waals surface area contributed by atoms with Gasteiger partial charge in [0.15, 0.2) is 0 Å². The second-order valence-corrected chi connectivity index (χ2v) is 5.77. The van der Waals surface area contributed by atoms with E-state index in [1.165, 1.54) is 35.3 Å². The Hall–Kier alpha value is -3.26. The van der Waals surface area contributed by atoms with Crippen molar-refractivity contribution >= 4 is 11.6 Å². The van der Waals surface area contributed by atoms with E-state index >= 15 is 0 Å². The van der Waals surface area contributed by atoms with E-state index < -0.39 is 17.6 Å². The van der Waals surface area contributed by atoms with Crippen LogP contribution in [-0.4, -0.2) is 31.7 Å². The van der Waals surface area contributed by atoms with Gasteiger partial charge in [0.25, 0.3) is 11.5 Å². The van der Waals surface area contributed by atoms with E-state index in [-0.39, 0.29) is 24.5 Å². The maximum absolute atomic E-state index is 13.0. The Morgan fingerprint density at radius 3 is 2.77 bits per heavy atom. The number of aromatic amines is 1. The minimum absolute atomic E-state index is 0.0580. The van der Waals surface area contributed by atoms with E-state index in [1.807, 2.05) is 0 Å². The lowest BCUT2D eigenvalue weighted by Gasteiger charge is -2.12. The third-order valence-corrected chi connectivity index (χ3v) is 3.81. The van der Waals surface area contributed by atoms with Crippen LogP contribution in [-0.2, 0) is 17.8 Å². The van der Waals surface area contributed by atoms with Crippen LogP contribution in [0.15, 0.2) is 59.9 Å².